The Morgan fingerprint density at radius 2 is 1.84 bits per heavy atom. The number of aromatic nitrogens is 1. The second-order valence-corrected chi connectivity index (χ2v) is 7.23. The van der Waals surface area contributed by atoms with E-state index in [0.29, 0.717) is 22.8 Å². The molecule has 2 rings (SSSR count). The minimum atomic E-state index is -0.381. The fourth-order valence-electron chi connectivity index (χ4n) is 2.22. The van der Waals surface area contributed by atoms with E-state index in [9.17, 15) is 14.0 Å². The number of halogens is 1. The number of rotatable bonds is 6. The van der Waals surface area contributed by atoms with Crippen LogP contribution in [0.3, 0.4) is 0 Å². The van der Waals surface area contributed by atoms with Gasteiger partial charge in [0.15, 0.2) is 0 Å². The summed E-state index contributed by atoms with van der Waals surface area (Å²) in [5, 5.41) is 5.16. The van der Waals surface area contributed by atoms with E-state index in [4.69, 9.17) is 0 Å². The maximum Gasteiger partial charge on any atom is 0.270 e. The van der Waals surface area contributed by atoms with Gasteiger partial charge >= 0.3 is 0 Å². The van der Waals surface area contributed by atoms with Gasteiger partial charge < -0.3 is 10.2 Å². The van der Waals surface area contributed by atoms with E-state index >= 15 is 0 Å². The highest BCUT2D eigenvalue weighted by atomic mass is 32.1. The summed E-state index contributed by atoms with van der Waals surface area (Å²) in [5.41, 5.74) is 0.774. The fourth-order valence-corrected chi connectivity index (χ4v) is 2.99. The fraction of sp³-hybridized carbons (Fsp3) is 0.389. The summed E-state index contributed by atoms with van der Waals surface area (Å²) in [5.74, 6) is -0.801. The van der Waals surface area contributed by atoms with Crippen LogP contribution in [0.1, 0.15) is 53.5 Å². The van der Waals surface area contributed by atoms with Gasteiger partial charge in [-0.15, -0.1) is 11.3 Å². The summed E-state index contributed by atoms with van der Waals surface area (Å²) >= 11 is 1.34. The summed E-state index contributed by atoms with van der Waals surface area (Å²) in [6.45, 7) is 7.87. The first-order valence-corrected chi connectivity index (χ1v) is 8.97. The molecule has 134 valence electrons. The molecular weight excluding hydrogens is 341 g/mol. The molecule has 0 atom stereocenters. The van der Waals surface area contributed by atoms with E-state index in [-0.39, 0.29) is 29.7 Å². The van der Waals surface area contributed by atoms with E-state index in [2.05, 4.69) is 10.3 Å². The van der Waals surface area contributed by atoms with Crippen molar-refractivity contribution in [2.75, 3.05) is 0 Å². The van der Waals surface area contributed by atoms with Crippen molar-refractivity contribution in [1.82, 2.24) is 15.2 Å². The smallest absolute Gasteiger partial charge is 0.270 e. The third-order valence-corrected chi connectivity index (χ3v) is 4.32. The first-order chi connectivity index (χ1) is 11.8. The Labute approximate surface area is 150 Å². The molecule has 0 unspecified atom stereocenters. The molecule has 0 aliphatic rings. The molecule has 1 N–H and O–H groups in total. The molecule has 1 aromatic heterocycles. The van der Waals surface area contributed by atoms with Gasteiger partial charge in [-0.25, -0.2) is 9.37 Å². The molecule has 0 aliphatic carbocycles. The van der Waals surface area contributed by atoms with Crippen molar-refractivity contribution in [2.24, 2.45) is 0 Å². The summed E-state index contributed by atoms with van der Waals surface area (Å²) in [6.07, 6.45) is 0. The number of carbonyl (C=O) groups is 2. The number of hydrogen-bond donors (Lipinski definition) is 1. The lowest BCUT2D eigenvalue weighted by atomic mass is 10.1. The van der Waals surface area contributed by atoms with Crippen LogP contribution in [0.15, 0.2) is 29.6 Å². The normalized spacial score (nSPS) is 11.0. The van der Waals surface area contributed by atoms with Gasteiger partial charge in [0.1, 0.15) is 16.5 Å². The average Bonchev–Trinajstić information content (AvgIpc) is 3.00. The Morgan fingerprint density at radius 3 is 2.40 bits per heavy atom. The van der Waals surface area contributed by atoms with Crippen molar-refractivity contribution in [3.05, 3.63) is 51.7 Å². The zero-order valence-corrected chi connectivity index (χ0v) is 15.6. The highest BCUT2D eigenvalue weighted by Crippen LogP contribution is 2.17. The van der Waals surface area contributed by atoms with Crippen LogP contribution in [0.5, 0.6) is 0 Å². The lowest BCUT2D eigenvalue weighted by molar-refractivity contribution is 0.0690. The predicted octanol–water partition coefficient (Wildman–Crippen LogP) is 3.47. The van der Waals surface area contributed by atoms with Crippen LogP contribution in [-0.4, -0.2) is 33.8 Å². The maximum absolute atomic E-state index is 13.1. The Hall–Kier alpha value is -2.28. The third kappa shape index (κ3) is 5.09. The van der Waals surface area contributed by atoms with E-state index in [1.807, 2.05) is 27.7 Å². The van der Waals surface area contributed by atoms with E-state index in [1.54, 1.807) is 10.3 Å². The molecule has 0 fully saturated rings. The molecule has 0 saturated heterocycles. The van der Waals surface area contributed by atoms with Gasteiger partial charge in [-0.05, 0) is 52.0 Å². The van der Waals surface area contributed by atoms with Gasteiger partial charge in [-0.1, -0.05) is 0 Å². The summed E-state index contributed by atoms with van der Waals surface area (Å²) in [7, 11) is 0. The first kappa shape index (κ1) is 19.1. The quantitative estimate of drug-likeness (QED) is 0.855. The zero-order valence-electron chi connectivity index (χ0n) is 14.7. The van der Waals surface area contributed by atoms with Gasteiger partial charge in [-0.3, -0.25) is 9.59 Å². The van der Waals surface area contributed by atoms with Gasteiger partial charge in [0.05, 0.1) is 6.54 Å². The molecule has 1 aromatic carbocycles. The minimum absolute atomic E-state index is 0.0323. The Kier molecular flexibility index (Phi) is 6.25. The molecule has 0 aliphatic heterocycles. The molecule has 0 saturated carbocycles. The monoisotopic (exact) mass is 363 g/mol. The molecule has 5 nitrogen and oxygen atoms in total. The topological polar surface area (TPSA) is 62.3 Å². The number of thiazole rings is 1. The van der Waals surface area contributed by atoms with Crippen molar-refractivity contribution >= 4 is 23.2 Å². The molecule has 2 amide bonds. The maximum atomic E-state index is 13.1. The van der Waals surface area contributed by atoms with Crippen LogP contribution < -0.4 is 5.32 Å². The third-order valence-electron chi connectivity index (χ3n) is 3.49. The number of hydrogen-bond acceptors (Lipinski definition) is 4. The largest absolute Gasteiger partial charge is 0.349 e. The van der Waals surface area contributed by atoms with Crippen LogP contribution in [0, 0.1) is 5.82 Å². The Morgan fingerprint density at radius 1 is 1.20 bits per heavy atom. The number of amides is 2. The molecule has 7 heteroatoms. The second kappa shape index (κ2) is 8.20. The van der Waals surface area contributed by atoms with Gasteiger partial charge in [-0.2, -0.15) is 0 Å². The van der Waals surface area contributed by atoms with Crippen LogP contribution in [0.25, 0.3) is 0 Å². The first-order valence-electron chi connectivity index (χ1n) is 8.09. The molecule has 0 spiro atoms. The van der Waals surface area contributed by atoms with Crippen molar-refractivity contribution in [2.45, 2.75) is 46.3 Å². The number of nitrogens with one attached hydrogen (secondary N) is 1. The van der Waals surface area contributed by atoms with E-state index in [0.717, 1.165) is 0 Å². The van der Waals surface area contributed by atoms with Crippen molar-refractivity contribution in [1.29, 1.82) is 0 Å². The van der Waals surface area contributed by atoms with Gasteiger partial charge in [0.25, 0.3) is 11.8 Å². The van der Waals surface area contributed by atoms with Crippen LogP contribution in [-0.2, 0) is 6.54 Å². The van der Waals surface area contributed by atoms with Crippen LogP contribution >= 0.6 is 11.3 Å². The highest BCUT2D eigenvalue weighted by Gasteiger charge is 2.21. The lowest BCUT2D eigenvalue weighted by Crippen LogP contribution is -2.36. The van der Waals surface area contributed by atoms with E-state index < -0.39 is 0 Å². The molecule has 25 heavy (non-hydrogen) atoms. The van der Waals surface area contributed by atoms with Crippen LogP contribution in [0.2, 0.25) is 0 Å². The van der Waals surface area contributed by atoms with Crippen molar-refractivity contribution < 1.29 is 14.0 Å². The van der Waals surface area contributed by atoms with Gasteiger partial charge in [0.2, 0.25) is 0 Å². The summed E-state index contributed by atoms with van der Waals surface area (Å²) in [4.78, 5) is 30.7. The Bertz CT molecular complexity index is 741. The zero-order chi connectivity index (χ0) is 18.6. The molecule has 2 aromatic rings. The Balaban J connectivity index is 2.14. The van der Waals surface area contributed by atoms with Crippen LogP contribution in [0.4, 0.5) is 4.39 Å². The van der Waals surface area contributed by atoms with Crippen molar-refractivity contribution in [3.63, 3.8) is 0 Å². The standard InChI is InChI=1S/C18H22FN3O2S/c1-11(2)20-17(23)15-10-25-16(21-15)9-22(12(3)4)18(24)13-5-7-14(19)8-6-13/h5-8,10-12H,9H2,1-4H3,(H,20,23). The van der Waals surface area contributed by atoms with Crippen molar-refractivity contribution in [3.8, 4) is 0 Å². The number of benzene rings is 1. The number of carbonyl (C=O) groups excluding carboxylic acids is 2. The summed E-state index contributed by atoms with van der Waals surface area (Å²) in [6, 6.07) is 5.44. The molecule has 1 heterocycles. The molecular formula is C18H22FN3O2S. The lowest BCUT2D eigenvalue weighted by Gasteiger charge is -2.26. The average molecular weight is 363 g/mol. The minimum Gasteiger partial charge on any atom is -0.349 e. The molecule has 0 radical (unpaired) electrons. The summed E-state index contributed by atoms with van der Waals surface area (Å²) < 4.78 is 13.1. The highest BCUT2D eigenvalue weighted by molar-refractivity contribution is 7.09. The SMILES string of the molecule is CC(C)NC(=O)c1csc(CN(C(=O)c2ccc(F)cc2)C(C)C)n1. The van der Waals surface area contributed by atoms with E-state index in [1.165, 1.54) is 35.6 Å². The number of nitrogens with zero attached hydrogens (tertiary/aromatic N) is 2. The predicted molar refractivity (Wildman–Crippen MR) is 96.1 cm³/mol. The second-order valence-electron chi connectivity index (χ2n) is 6.29. The molecule has 0 bridgehead atoms. The van der Waals surface area contributed by atoms with Gasteiger partial charge in [0, 0.05) is 23.0 Å².